The van der Waals surface area contributed by atoms with Crippen molar-refractivity contribution in [1.29, 1.82) is 0 Å². The summed E-state index contributed by atoms with van der Waals surface area (Å²) in [4.78, 5) is 6.65. The van der Waals surface area contributed by atoms with Crippen LogP contribution in [0.2, 0.25) is 0 Å². The third-order valence-electron chi connectivity index (χ3n) is 3.79. The molecule has 2 rings (SSSR count). The molecule has 1 unspecified atom stereocenters. The molecule has 0 fully saturated rings. The lowest BCUT2D eigenvalue weighted by atomic mass is 10.0. The Hall–Kier alpha value is -1.81. The Kier molecular flexibility index (Phi) is 5.39. The van der Waals surface area contributed by atoms with E-state index < -0.39 is 0 Å². The van der Waals surface area contributed by atoms with E-state index in [1.165, 1.54) is 11.3 Å². The van der Waals surface area contributed by atoms with Crippen molar-refractivity contribution in [2.24, 2.45) is 0 Å². The van der Waals surface area contributed by atoms with Crippen LogP contribution >= 0.6 is 0 Å². The van der Waals surface area contributed by atoms with Crippen LogP contribution < -0.4 is 10.2 Å². The second-order valence-corrected chi connectivity index (χ2v) is 5.57. The summed E-state index contributed by atoms with van der Waals surface area (Å²) in [7, 11) is 6.16. The lowest BCUT2D eigenvalue weighted by Crippen LogP contribution is -2.21. The monoisotopic (exact) mass is 286 g/mol. The summed E-state index contributed by atoms with van der Waals surface area (Å²) in [6, 6.07) is 8.96. The predicted octanol–water partition coefficient (Wildman–Crippen LogP) is 2.86. The minimum atomic E-state index is 0.280. The van der Waals surface area contributed by atoms with Crippen LogP contribution in [-0.4, -0.2) is 30.7 Å². The van der Waals surface area contributed by atoms with E-state index in [1.807, 2.05) is 13.2 Å². The molecule has 0 amide bonds. The Morgan fingerprint density at radius 1 is 1.33 bits per heavy atom. The molecule has 4 heteroatoms. The standard InChI is InChI=1S/C17H26N4/c1-5-10-21-11-9-19-17(21)13-16(18-2)14-7-6-8-15(12-14)20(3)4/h6-9,11-12,16,18H,5,10,13H2,1-4H3. The van der Waals surface area contributed by atoms with Gasteiger partial charge >= 0.3 is 0 Å². The third-order valence-corrected chi connectivity index (χ3v) is 3.79. The van der Waals surface area contributed by atoms with Gasteiger partial charge in [0.2, 0.25) is 0 Å². The summed E-state index contributed by atoms with van der Waals surface area (Å²) in [6.07, 6.45) is 6.00. The molecule has 0 spiro atoms. The maximum Gasteiger partial charge on any atom is 0.110 e. The van der Waals surface area contributed by atoms with Gasteiger partial charge in [-0.25, -0.2) is 4.98 Å². The summed E-state index contributed by atoms with van der Waals surface area (Å²) < 4.78 is 2.25. The van der Waals surface area contributed by atoms with Crippen LogP contribution in [0.5, 0.6) is 0 Å². The molecule has 1 atom stereocenters. The van der Waals surface area contributed by atoms with Crippen LogP contribution in [0.25, 0.3) is 0 Å². The summed E-state index contributed by atoms with van der Waals surface area (Å²) in [5.74, 6) is 1.14. The van der Waals surface area contributed by atoms with E-state index in [0.717, 1.165) is 25.2 Å². The number of hydrogen-bond donors (Lipinski definition) is 1. The van der Waals surface area contributed by atoms with E-state index in [1.54, 1.807) is 0 Å². The molecule has 0 saturated heterocycles. The number of hydrogen-bond acceptors (Lipinski definition) is 3. The zero-order valence-electron chi connectivity index (χ0n) is 13.5. The molecular weight excluding hydrogens is 260 g/mol. The van der Waals surface area contributed by atoms with Crippen molar-refractivity contribution in [2.45, 2.75) is 32.4 Å². The summed E-state index contributed by atoms with van der Waals surface area (Å²) >= 11 is 0. The van der Waals surface area contributed by atoms with E-state index in [0.29, 0.717) is 0 Å². The Labute approximate surface area is 127 Å². The highest BCUT2D eigenvalue weighted by atomic mass is 15.1. The normalized spacial score (nSPS) is 12.4. The van der Waals surface area contributed by atoms with Gasteiger partial charge in [-0.2, -0.15) is 0 Å². The zero-order valence-corrected chi connectivity index (χ0v) is 13.5. The zero-order chi connectivity index (χ0) is 15.2. The van der Waals surface area contributed by atoms with Crippen molar-refractivity contribution in [3.05, 3.63) is 48.0 Å². The van der Waals surface area contributed by atoms with Crippen LogP contribution in [-0.2, 0) is 13.0 Å². The summed E-state index contributed by atoms with van der Waals surface area (Å²) in [6.45, 7) is 3.23. The molecule has 0 radical (unpaired) electrons. The first-order valence-electron chi connectivity index (χ1n) is 7.60. The van der Waals surface area contributed by atoms with Crippen LogP contribution in [0.4, 0.5) is 5.69 Å². The van der Waals surface area contributed by atoms with Gasteiger partial charge in [-0.1, -0.05) is 19.1 Å². The van der Waals surface area contributed by atoms with Gasteiger partial charge < -0.3 is 14.8 Å². The fourth-order valence-electron chi connectivity index (χ4n) is 2.56. The van der Waals surface area contributed by atoms with E-state index in [2.05, 4.69) is 71.2 Å². The van der Waals surface area contributed by atoms with E-state index in [-0.39, 0.29) is 6.04 Å². The lowest BCUT2D eigenvalue weighted by molar-refractivity contribution is 0.543. The van der Waals surface area contributed by atoms with Gasteiger partial charge in [0.15, 0.2) is 0 Å². The Bertz CT molecular complexity index is 559. The molecule has 0 aliphatic carbocycles. The van der Waals surface area contributed by atoms with Crippen LogP contribution in [0.1, 0.15) is 30.8 Å². The first kappa shape index (κ1) is 15.6. The largest absolute Gasteiger partial charge is 0.378 e. The topological polar surface area (TPSA) is 33.1 Å². The number of nitrogens with one attached hydrogen (secondary N) is 1. The maximum absolute atomic E-state index is 4.52. The average Bonchev–Trinajstić information content (AvgIpc) is 2.92. The minimum Gasteiger partial charge on any atom is -0.378 e. The van der Waals surface area contributed by atoms with Gasteiger partial charge in [0.25, 0.3) is 0 Å². The SMILES string of the molecule is CCCn1ccnc1CC(NC)c1cccc(N(C)C)c1. The van der Waals surface area contributed by atoms with Crippen LogP contribution in [0.15, 0.2) is 36.7 Å². The van der Waals surface area contributed by atoms with Crippen molar-refractivity contribution >= 4 is 5.69 Å². The molecule has 114 valence electrons. The summed E-state index contributed by atoms with van der Waals surface area (Å²) in [5.41, 5.74) is 2.53. The highest BCUT2D eigenvalue weighted by Gasteiger charge is 2.14. The maximum atomic E-state index is 4.52. The Morgan fingerprint density at radius 2 is 2.14 bits per heavy atom. The Balaban J connectivity index is 2.19. The minimum absolute atomic E-state index is 0.280. The average molecular weight is 286 g/mol. The van der Waals surface area contributed by atoms with Crippen molar-refractivity contribution < 1.29 is 0 Å². The fraction of sp³-hybridized carbons (Fsp3) is 0.471. The molecule has 1 aromatic carbocycles. The van der Waals surface area contributed by atoms with Gasteiger partial charge in [-0.05, 0) is 31.2 Å². The Morgan fingerprint density at radius 3 is 2.81 bits per heavy atom. The molecule has 1 heterocycles. The van der Waals surface area contributed by atoms with Crippen molar-refractivity contribution in [3.8, 4) is 0 Å². The van der Waals surface area contributed by atoms with Gasteiger partial charge in [0, 0.05) is 51.2 Å². The second kappa shape index (κ2) is 7.27. The van der Waals surface area contributed by atoms with Gasteiger partial charge in [-0.15, -0.1) is 0 Å². The molecule has 0 bridgehead atoms. The summed E-state index contributed by atoms with van der Waals surface area (Å²) in [5, 5.41) is 3.42. The molecule has 21 heavy (non-hydrogen) atoms. The number of aryl methyl sites for hydroxylation is 1. The molecule has 1 N–H and O–H groups in total. The van der Waals surface area contributed by atoms with Gasteiger partial charge in [0.05, 0.1) is 0 Å². The van der Waals surface area contributed by atoms with E-state index >= 15 is 0 Å². The first-order valence-corrected chi connectivity index (χ1v) is 7.60. The third kappa shape index (κ3) is 3.85. The van der Waals surface area contributed by atoms with Crippen LogP contribution in [0.3, 0.4) is 0 Å². The molecule has 1 aromatic heterocycles. The number of imidazole rings is 1. The highest BCUT2D eigenvalue weighted by molar-refractivity contribution is 5.48. The molecular formula is C17H26N4. The van der Waals surface area contributed by atoms with E-state index in [9.17, 15) is 0 Å². The van der Waals surface area contributed by atoms with Crippen molar-refractivity contribution in [2.75, 3.05) is 26.0 Å². The lowest BCUT2D eigenvalue weighted by Gasteiger charge is -2.20. The molecule has 4 nitrogen and oxygen atoms in total. The molecule has 0 saturated carbocycles. The molecule has 2 aromatic rings. The van der Waals surface area contributed by atoms with Crippen LogP contribution in [0, 0.1) is 0 Å². The number of aromatic nitrogens is 2. The second-order valence-electron chi connectivity index (χ2n) is 5.57. The number of rotatable bonds is 7. The van der Waals surface area contributed by atoms with Crippen molar-refractivity contribution in [3.63, 3.8) is 0 Å². The van der Waals surface area contributed by atoms with Crippen molar-refractivity contribution in [1.82, 2.24) is 14.9 Å². The number of nitrogens with zero attached hydrogens (tertiary/aromatic N) is 3. The predicted molar refractivity (Wildman–Crippen MR) is 88.8 cm³/mol. The quantitative estimate of drug-likeness (QED) is 0.849. The number of anilines is 1. The highest BCUT2D eigenvalue weighted by Crippen LogP contribution is 2.22. The number of likely N-dealkylation sites (N-methyl/N-ethyl adjacent to an activating group) is 1. The van der Waals surface area contributed by atoms with Gasteiger partial charge in [0.1, 0.15) is 5.82 Å². The molecule has 0 aliphatic heterocycles. The van der Waals surface area contributed by atoms with E-state index in [4.69, 9.17) is 0 Å². The van der Waals surface area contributed by atoms with Gasteiger partial charge in [-0.3, -0.25) is 0 Å². The molecule has 0 aliphatic rings. The smallest absolute Gasteiger partial charge is 0.110 e. The first-order chi connectivity index (χ1) is 10.2. The number of benzene rings is 1. The fourth-order valence-corrected chi connectivity index (χ4v) is 2.56.